The zero-order valence-corrected chi connectivity index (χ0v) is 16.8. The molecule has 1 unspecified atom stereocenters. The second-order valence-electron chi connectivity index (χ2n) is 7.03. The number of ether oxygens (including phenoxy) is 2. The van der Waals surface area contributed by atoms with E-state index in [4.69, 9.17) is 9.47 Å². The van der Waals surface area contributed by atoms with E-state index >= 15 is 0 Å². The fourth-order valence-corrected chi connectivity index (χ4v) is 3.13. The van der Waals surface area contributed by atoms with Crippen LogP contribution < -0.4 is 9.47 Å². The Morgan fingerprint density at radius 2 is 1.60 bits per heavy atom. The van der Waals surface area contributed by atoms with Crippen LogP contribution in [0.15, 0.2) is 72.8 Å². The third-order valence-corrected chi connectivity index (χ3v) is 4.63. The van der Waals surface area contributed by atoms with Crippen molar-refractivity contribution in [1.29, 1.82) is 0 Å². The molecule has 0 bridgehead atoms. The van der Waals surface area contributed by atoms with Gasteiger partial charge in [-0.3, -0.25) is 4.90 Å². The number of aliphatic hydroxyl groups is 1. The third kappa shape index (κ3) is 6.54. The maximum atomic E-state index is 14.2. The molecule has 0 aliphatic carbocycles. The van der Waals surface area contributed by atoms with Gasteiger partial charge in [0.25, 0.3) is 0 Å². The monoisotopic (exact) mass is 413 g/mol. The van der Waals surface area contributed by atoms with E-state index in [0.29, 0.717) is 17.9 Å². The van der Waals surface area contributed by atoms with Crippen molar-refractivity contribution in [2.45, 2.75) is 19.2 Å². The van der Waals surface area contributed by atoms with Gasteiger partial charge < -0.3 is 14.6 Å². The lowest BCUT2D eigenvalue weighted by molar-refractivity contribution is 0.0624. The van der Waals surface area contributed by atoms with Gasteiger partial charge in [-0.2, -0.15) is 0 Å². The van der Waals surface area contributed by atoms with Crippen LogP contribution in [0.5, 0.6) is 11.5 Å². The summed E-state index contributed by atoms with van der Waals surface area (Å²) in [6.45, 7) is 1.10. The van der Waals surface area contributed by atoms with Crippen LogP contribution in [0.2, 0.25) is 0 Å². The highest BCUT2D eigenvalue weighted by molar-refractivity contribution is 5.31. The molecule has 0 aliphatic heterocycles. The minimum atomic E-state index is -0.792. The topological polar surface area (TPSA) is 41.9 Å². The predicted octanol–water partition coefficient (Wildman–Crippen LogP) is 4.42. The summed E-state index contributed by atoms with van der Waals surface area (Å²) in [5, 5.41) is 10.5. The maximum absolute atomic E-state index is 14.2. The van der Waals surface area contributed by atoms with Gasteiger partial charge in [-0.15, -0.1) is 0 Å². The molecule has 6 heteroatoms. The van der Waals surface area contributed by atoms with Crippen LogP contribution in [0.3, 0.4) is 0 Å². The second-order valence-corrected chi connectivity index (χ2v) is 7.03. The van der Waals surface area contributed by atoms with Crippen LogP contribution in [-0.4, -0.2) is 36.4 Å². The molecule has 4 nitrogen and oxygen atoms in total. The van der Waals surface area contributed by atoms with Gasteiger partial charge in [0.05, 0.1) is 7.11 Å². The molecule has 1 atom stereocenters. The summed E-state index contributed by atoms with van der Waals surface area (Å²) in [7, 11) is 1.59. The summed E-state index contributed by atoms with van der Waals surface area (Å²) in [5.74, 6) is 0.128. The van der Waals surface area contributed by atoms with Crippen LogP contribution in [0, 0.1) is 11.6 Å². The molecule has 3 aromatic carbocycles. The number of aliphatic hydroxyl groups excluding tert-OH is 1. The van der Waals surface area contributed by atoms with Crippen molar-refractivity contribution in [3.63, 3.8) is 0 Å². The fraction of sp³-hybridized carbons (Fsp3) is 0.250. The largest absolute Gasteiger partial charge is 0.497 e. The summed E-state index contributed by atoms with van der Waals surface area (Å²) in [4.78, 5) is 1.91. The van der Waals surface area contributed by atoms with Crippen LogP contribution >= 0.6 is 0 Å². The normalized spacial score (nSPS) is 12.0. The summed E-state index contributed by atoms with van der Waals surface area (Å²) < 4.78 is 38.2. The molecule has 158 valence electrons. The molecule has 3 rings (SSSR count). The quantitative estimate of drug-likeness (QED) is 0.535. The molecule has 0 spiro atoms. The molecule has 0 heterocycles. The Balaban J connectivity index is 1.64. The zero-order chi connectivity index (χ0) is 21.3. The first-order valence-electron chi connectivity index (χ1n) is 9.68. The first kappa shape index (κ1) is 21.7. The van der Waals surface area contributed by atoms with Crippen molar-refractivity contribution in [1.82, 2.24) is 4.90 Å². The molecule has 1 N–H and O–H groups in total. The van der Waals surface area contributed by atoms with Gasteiger partial charge in [0, 0.05) is 31.3 Å². The Bertz CT molecular complexity index is 919. The number of hydrogen-bond donors (Lipinski definition) is 1. The predicted molar refractivity (Wildman–Crippen MR) is 111 cm³/mol. The van der Waals surface area contributed by atoms with Gasteiger partial charge in [0.1, 0.15) is 35.8 Å². The smallest absolute Gasteiger partial charge is 0.130 e. The molecule has 0 saturated carbocycles. The fourth-order valence-electron chi connectivity index (χ4n) is 3.13. The van der Waals surface area contributed by atoms with E-state index in [9.17, 15) is 13.9 Å². The molecule has 0 radical (unpaired) electrons. The Morgan fingerprint density at radius 3 is 2.27 bits per heavy atom. The number of hydrogen-bond acceptors (Lipinski definition) is 4. The molecular formula is C24H25F2NO3. The Kier molecular flexibility index (Phi) is 7.76. The number of rotatable bonds is 10. The lowest BCUT2D eigenvalue weighted by atomic mass is 10.1. The molecular weight excluding hydrogens is 388 g/mol. The van der Waals surface area contributed by atoms with Gasteiger partial charge in [-0.1, -0.05) is 36.4 Å². The van der Waals surface area contributed by atoms with E-state index in [-0.39, 0.29) is 19.7 Å². The Hall–Kier alpha value is -2.96. The van der Waals surface area contributed by atoms with E-state index in [0.717, 1.165) is 17.4 Å². The average molecular weight is 413 g/mol. The number of benzene rings is 3. The minimum Gasteiger partial charge on any atom is -0.497 e. The average Bonchev–Trinajstić information content (AvgIpc) is 2.75. The maximum Gasteiger partial charge on any atom is 0.130 e. The molecule has 0 saturated heterocycles. The highest BCUT2D eigenvalue weighted by atomic mass is 19.1. The van der Waals surface area contributed by atoms with E-state index in [1.54, 1.807) is 31.4 Å². The van der Waals surface area contributed by atoms with Crippen LogP contribution in [0.1, 0.15) is 11.1 Å². The van der Waals surface area contributed by atoms with Gasteiger partial charge >= 0.3 is 0 Å². The molecule has 30 heavy (non-hydrogen) atoms. The van der Waals surface area contributed by atoms with Gasteiger partial charge in [-0.25, -0.2) is 8.78 Å². The van der Waals surface area contributed by atoms with E-state index in [2.05, 4.69) is 0 Å². The molecule has 0 aromatic heterocycles. The minimum absolute atomic E-state index is 0.0868. The van der Waals surface area contributed by atoms with Crippen molar-refractivity contribution in [2.24, 2.45) is 0 Å². The van der Waals surface area contributed by atoms with E-state index in [1.165, 1.54) is 12.1 Å². The van der Waals surface area contributed by atoms with Crippen molar-refractivity contribution in [2.75, 3.05) is 20.3 Å². The lowest BCUT2D eigenvalue weighted by Gasteiger charge is -2.25. The summed E-state index contributed by atoms with van der Waals surface area (Å²) >= 11 is 0. The van der Waals surface area contributed by atoms with Crippen molar-refractivity contribution < 1.29 is 23.4 Å². The van der Waals surface area contributed by atoms with E-state index < -0.39 is 17.7 Å². The van der Waals surface area contributed by atoms with E-state index in [1.807, 2.05) is 35.2 Å². The summed E-state index contributed by atoms with van der Waals surface area (Å²) in [6, 6.07) is 20.3. The van der Waals surface area contributed by atoms with Crippen LogP contribution in [0.25, 0.3) is 0 Å². The van der Waals surface area contributed by atoms with Crippen molar-refractivity contribution in [3.8, 4) is 11.5 Å². The number of nitrogens with zero attached hydrogens (tertiary/aromatic N) is 1. The molecule has 0 fully saturated rings. The zero-order valence-electron chi connectivity index (χ0n) is 16.8. The number of methoxy groups -OCH3 is 1. The Morgan fingerprint density at radius 1 is 0.900 bits per heavy atom. The highest BCUT2D eigenvalue weighted by Gasteiger charge is 2.16. The van der Waals surface area contributed by atoms with Crippen molar-refractivity contribution in [3.05, 3.63) is 95.6 Å². The van der Waals surface area contributed by atoms with Gasteiger partial charge in [0.15, 0.2) is 0 Å². The standard InChI is InChI=1S/C24H25F2NO3/c1-29-22-9-11-23(12-10-22)30-17-21(28)16-27(14-18-5-3-2-4-6-18)15-19-7-8-20(25)13-24(19)26/h2-13,21,28H,14-17H2,1H3. The van der Waals surface area contributed by atoms with Crippen molar-refractivity contribution >= 4 is 0 Å². The molecule has 0 aliphatic rings. The SMILES string of the molecule is COc1ccc(OCC(O)CN(Cc2ccccc2)Cc2ccc(F)cc2F)cc1. The Labute approximate surface area is 175 Å². The number of halogens is 2. The summed E-state index contributed by atoms with van der Waals surface area (Å²) in [6.07, 6.45) is -0.792. The van der Waals surface area contributed by atoms with Crippen LogP contribution in [0.4, 0.5) is 8.78 Å². The lowest BCUT2D eigenvalue weighted by Crippen LogP contribution is -2.35. The second kappa shape index (κ2) is 10.7. The molecule has 3 aromatic rings. The highest BCUT2D eigenvalue weighted by Crippen LogP contribution is 2.18. The first-order valence-corrected chi connectivity index (χ1v) is 9.68. The van der Waals surface area contributed by atoms with Gasteiger partial charge in [-0.05, 0) is 35.9 Å². The van der Waals surface area contributed by atoms with Gasteiger partial charge in [0.2, 0.25) is 0 Å². The third-order valence-electron chi connectivity index (χ3n) is 4.63. The summed E-state index contributed by atoms with van der Waals surface area (Å²) in [5.41, 5.74) is 1.40. The first-order chi connectivity index (χ1) is 14.5. The molecule has 0 amide bonds. The van der Waals surface area contributed by atoms with Crippen LogP contribution in [-0.2, 0) is 13.1 Å².